The molecule has 0 atom stereocenters. The van der Waals surface area contributed by atoms with Gasteiger partial charge in [-0.25, -0.2) is 4.79 Å². The molecule has 0 aromatic rings. The number of aliphatic hydroxyl groups excluding tert-OH is 2. The van der Waals surface area contributed by atoms with Gasteiger partial charge in [0.25, 0.3) is 0 Å². The van der Waals surface area contributed by atoms with Gasteiger partial charge in [-0.15, -0.1) is 0 Å². The molecule has 1 aliphatic heterocycles. The fourth-order valence-corrected chi connectivity index (χ4v) is 3.30. The number of hydrogen-bond acceptors (Lipinski definition) is 7. The number of fused-ring (bicyclic) bond motifs is 1. The Morgan fingerprint density at radius 2 is 1.79 bits per heavy atom. The van der Waals surface area contributed by atoms with Crippen molar-refractivity contribution in [3.05, 3.63) is 75.2 Å². The van der Waals surface area contributed by atoms with Crippen molar-refractivity contribution in [3.8, 4) is 11.5 Å². The lowest BCUT2D eigenvalue weighted by molar-refractivity contribution is 0.449. The van der Waals surface area contributed by atoms with Crippen LogP contribution in [0.3, 0.4) is 0 Å². The van der Waals surface area contributed by atoms with E-state index in [0.717, 1.165) is 6.07 Å². The second kappa shape index (κ2) is 6.99. The summed E-state index contributed by atoms with van der Waals surface area (Å²) in [4.78, 5) is 37.5. The lowest BCUT2D eigenvalue weighted by Gasteiger charge is -2.07. The molecule has 1 heterocycles. The minimum absolute atomic E-state index is 0.0122. The predicted molar refractivity (Wildman–Crippen MR) is 103 cm³/mol. The van der Waals surface area contributed by atoms with Crippen LogP contribution in [0.5, 0.6) is 0 Å². The summed E-state index contributed by atoms with van der Waals surface area (Å²) in [5.74, 6) is -0.0624. The highest BCUT2D eigenvalue weighted by Crippen LogP contribution is 2.20. The molecule has 7 nitrogen and oxygen atoms in total. The Labute approximate surface area is 158 Å². The summed E-state index contributed by atoms with van der Waals surface area (Å²) in [5, 5.41) is 19.7. The van der Waals surface area contributed by atoms with E-state index in [4.69, 9.17) is 8.83 Å². The quantitative estimate of drug-likeness (QED) is 0.686. The van der Waals surface area contributed by atoms with Crippen molar-refractivity contribution in [2.24, 2.45) is 5.92 Å². The van der Waals surface area contributed by atoms with Crippen LogP contribution in [0, 0.1) is 30.4 Å². The Morgan fingerprint density at radius 1 is 1.11 bits per heavy atom. The molecule has 0 aromatic carbocycles. The number of hydrogen-bond donors (Lipinski definition) is 2. The van der Waals surface area contributed by atoms with Gasteiger partial charge in [-0.05, 0) is 31.4 Å². The van der Waals surface area contributed by atoms with Gasteiger partial charge in [-0.3, -0.25) is 9.59 Å². The lowest BCUT2D eigenvalue weighted by Crippen LogP contribution is -2.30. The molecular formula is C21H20O7. The Morgan fingerprint density at radius 3 is 2.39 bits per heavy atom. The maximum Gasteiger partial charge on any atom is 0.347 e. The molecule has 0 aromatic heterocycles. The van der Waals surface area contributed by atoms with Crippen molar-refractivity contribution in [2.75, 3.05) is 0 Å². The van der Waals surface area contributed by atoms with E-state index in [9.17, 15) is 24.6 Å². The average Bonchev–Trinajstić information content (AvgIpc) is 2.71. The van der Waals surface area contributed by atoms with Gasteiger partial charge in [0.15, 0.2) is 27.8 Å². The maximum absolute atomic E-state index is 12.7. The van der Waals surface area contributed by atoms with Crippen LogP contribution >= 0.6 is 0 Å². The van der Waals surface area contributed by atoms with Gasteiger partial charge in [0.2, 0.25) is 0 Å². The first-order valence-corrected chi connectivity index (χ1v) is 8.77. The normalized spacial score (nSPS) is 13.5. The third kappa shape index (κ3) is 3.09. The third-order valence-corrected chi connectivity index (χ3v) is 4.56. The molecule has 28 heavy (non-hydrogen) atoms. The minimum Gasteiger partial charge on any atom is -0.515 e. The highest BCUT2D eigenvalue weighted by molar-refractivity contribution is 5.58. The van der Waals surface area contributed by atoms with Gasteiger partial charge in [0, 0.05) is 18.1 Å². The van der Waals surface area contributed by atoms with E-state index < -0.39 is 16.5 Å². The largest absolute Gasteiger partial charge is 0.515 e. The van der Waals surface area contributed by atoms with Gasteiger partial charge < -0.3 is 19.0 Å². The van der Waals surface area contributed by atoms with Crippen molar-refractivity contribution >= 4 is 12.0 Å². The van der Waals surface area contributed by atoms with Gasteiger partial charge >= 0.3 is 5.63 Å². The second-order valence-electron chi connectivity index (χ2n) is 7.18. The van der Waals surface area contributed by atoms with Gasteiger partial charge in [-0.1, -0.05) is 13.8 Å². The van der Waals surface area contributed by atoms with Crippen molar-refractivity contribution in [1.82, 2.24) is 0 Å². The first-order chi connectivity index (χ1) is 13.1. The Bertz CT molecular complexity index is 1410. The topological polar surface area (TPSA) is 118 Å². The van der Waals surface area contributed by atoms with E-state index in [0.29, 0.717) is 11.8 Å². The average molecular weight is 384 g/mol. The Kier molecular flexibility index (Phi) is 4.85. The first kappa shape index (κ1) is 19.4. The van der Waals surface area contributed by atoms with Crippen molar-refractivity contribution in [3.63, 3.8) is 0 Å². The van der Waals surface area contributed by atoms with Crippen molar-refractivity contribution in [1.29, 1.82) is 0 Å². The Hall–Kier alpha value is -3.35. The molecule has 0 radical (unpaired) electrons. The maximum atomic E-state index is 12.7. The molecule has 2 N–H and O–H groups in total. The molecule has 146 valence electrons. The highest BCUT2D eigenvalue weighted by atomic mass is 16.4. The number of aliphatic hydroxyl groups is 2. The van der Waals surface area contributed by atoms with Crippen LogP contribution in [0.4, 0.5) is 0 Å². The van der Waals surface area contributed by atoms with Crippen LogP contribution in [0.25, 0.3) is 23.5 Å². The number of benzene rings is 1. The van der Waals surface area contributed by atoms with E-state index >= 15 is 0 Å². The number of aryl methyl sites for hydroxylation is 1. The predicted octanol–water partition coefficient (Wildman–Crippen LogP) is 1.41. The van der Waals surface area contributed by atoms with Gasteiger partial charge in [-0.2, -0.15) is 0 Å². The van der Waals surface area contributed by atoms with Crippen LogP contribution in [-0.2, 0) is 0 Å². The molecule has 0 unspecified atom stereocenters. The van der Waals surface area contributed by atoms with E-state index in [1.165, 1.54) is 6.07 Å². The molecule has 2 aliphatic carbocycles. The molecule has 3 rings (SSSR count). The third-order valence-electron chi connectivity index (χ3n) is 4.56. The molecule has 3 aliphatic rings. The summed E-state index contributed by atoms with van der Waals surface area (Å²) in [6.07, 6.45) is 0.840. The smallest absolute Gasteiger partial charge is 0.347 e. The summed E-state index contributed by atoms with van der Waals surface area (Å²) < 4.78 is 11.2. The SMILES string of the molecule is Cc1c2oc(=O)c3c(C)cc(=O)c(=CO)c=3oc-2cc(=O)c1=C(O)CC(C)C. The van der Waals surface area contributed by atoms with E-state index in [2.05, 4.69) is 0 Å². The van der Waals surface area contributed by atoms with Gasteiger partial charge in [0.05, 0.1) is 16.7 Å². The zero-order valence-corrected chi connectivity index (χ0v) is 16.0. The highest BCUT2D eigenvalue weighted by Gasteiger charge is 2.19. The lowest BCUT2D eigenvalue weighted by atomic mass is 10.0. The first-order valence-electron chi connectivity index (χ1n) is 8.77. The summed E-state index contributed by atoms with van der Waals surface area (Å²) in [6, 6.07) is 2.30. The fraction of sp³-hybridized carbons (Fsp3) is 0.286. The summed E-state index contributed by atoms with van der Waals surface area (Å²) in [5.41, 5.74) is -1.41. The molecule has 0 spiro atoms. The van der Waals surface area contributed by atoms with E-state index in [1.54, 1.807) is 13.8 Å². The molecule has 0 saturated carbocycles. The van der Waals surface area contributed by atoms with Crippen molar-refractivity contribution in [2.45, 2.75) is 34.1 Å². The van der Waals surface area contributed by atoms with Crippen molar-refractivity contribution < 1.29 is 19.0 Å². The summed E-state index contributed by atoms with van der Waals surface area (Å²) in [7, 11) is 0. The summed E-state index contributed by atoms with van der Waals surface area (Å²) >= 11 is 0. The van der Waals surface area contributed by atoms with Crippen LogP contribution in [-0.4, -0.2) is 10.2 Å². The molecule has 0 bridgehead atoms. The standard InChI is InChI=1S/C21H20O7/c1-9(2)5-14(24)18-11(4)19-16(7-15(18)25)27-20-12(8-22)13(23)6-10(3)17(20)21(26)28-19/h6-9,22,24H,5H2,1-4H3. The van der Waals surface area contributed by atoms with Crippen LogP contribution in [0.1, 0.15) is 31.4 Å². The van der Waals surface area contributed by atoms with E-state index in [-0.39, 0.29) is 56.3 Å². The fourth-order valence-electron chi connectivity index (χ4n) is 3.30. The second-order valence-corrected chi connectivity index (χ2v) is 7.18. The Balaban J connectivity index is 2.66. The van der Waals surface area contributed by atoms with Gasteiger partial charge in [0.1, 0.15) is 11.0 Å². The summed E-state index contributed by atoms with van der Waals surface area (Å²) in [6.45, 7) is 6.89. The molecular weight excluding hydrogens is 364 g/mol. The zero-order chi connectivity index (χ0) is 20.7. The minimum atomic E-state index is -0.787. The van der Waals surface area contributed by atoms with Crippen LogP contribution < -0.4 is 26.9 Å². The van der Waals surface area contributed by atoms with Crippen LogP contribution in [0.15, 0.2) is 35.4 Å². The number of rotatable bonds is 2. The monoisotopic (exact) mass is 384 g/mol. The molecule has 7 heteroatoms. The van der Waals surface area contributed by atoms with Crippen LogP contribution in [0.2, 0.25) is 0 Å². The molecule has 0 saturated heterocycles. The van der Waals surface area contributed by atoms with E-state index in [1.807, 2.05) is 13.8 Å². The molecule has 0 fully saturated rings. The zero-order valence-electron chi connectivity index (χ0n) is 16.0. The molecule has 0 amide bonds.